The van der Waals surface area contributed by atoms with Crippen LogP contribution in [-0.2, 0) is 4.79 Å². The van der Waals surface area contributed by atoms with Gasteiger partial charge in [-0.3, -0.25) is 9.69 Å². The van der Waals surface area contributed by atoms with E-state index >= 15 is 0 Å². The Morgan fingerprint density at radius 3 is 2.58 bits per heavy atom. The average Bonchev–Trinajstić information content (AvgIpc) is 3.34. The Labute approximate surface area is 159 Å². The summed E-state index contributed by atoms with van der Waals surface area (Å²) in [5.74, 6) is 0.0826. The molecule has 2 fully saturated rings. The van der Waals surface area contributed by atoms with Gasteiger partial charge in [-0.1, -0.05) is 6.07 Å². The molecule has 2 aromatic rings. The van der Waals surface area contributed by atoms with Crippen molar-refractivity contribution in [1.82, 2.24) is 4.90 Å². The van der Waals surface area contributed by atoms with Gasteiger partial charge in [0, 0.05) is 35.4 Å². The molecule has 4 nitrogen and oxygen atoms in total. The van der Waals surface area contributed by atoms with Gasteiger partial charge in [0.15, 0.2) is 0 Å². The molecular weight excluding hydrogens is 342 g/mol. The van der Waals surface area contributed by atoms with Gasteiger partial charge in [-0.05, 0) is 74.4 Å². The van der Waals surface area contributed by atoms with Gasteiger partial charge in [-0.15, -0.1) is 11.3 Å². The van der Waals surface area contributed by atoms with E-state index in [1.165, 1.54) is 36.2 Å². The standard InChI is InChI=1S/C21H27N3OS/c25-21(16-24-14-4-6-19(24)20-7-5-15-26-20)22-17-8-10-18(11-9-17)23-12-2-1-3-13-23/h5,7-11,15,19H,1-4,6,12-14,16H2,(H,22,25)/t19-/m1/s1. The van der Waals surface area contributed by atoms with E-state index in [0.717, 1.165) is 31.7 Å². The summed E-state index contributed by atoms with van der Waals surface area (Å²) in [5.41, 5.74) is 2.16. The lowest BCUT2D eigenvalue weighted by atomic mass is 10.1. The molecule has 138 valence electrons. The van der Waals surface area contributed by atoms with Crippen LogP contribution >= 0.6 is 11.3 Å². The summed E-state index contributed by atoms with van der Waals surface area (Å²) in [7, 11) is 0. The van der Waals surface area contributed by atoms with Gasteiger partial charge in [-0.25, -0.2) is 0 Å². The van der Waals surface area contributed by atoms with Gasteiger partial charge >= 0.3 is 0 Å². The van der Waals surface area contributed by atoms with Crippen LogP contribution in [0.2, 0.25) is 0 Å². The minimum absolute atomic E-state index is 0.0826. The van der Waals surface area contributed by atoms with Gasteiger partial charge < -0.3 is 10.2 Å². The summed E-state index contributed by atoms with van der Waals surface area (Å²) in [5, 5.41) is 5.19. The fraction of sp³-hybridized carbons (Fsp3) is 0.476. The number of nitrogens with zero attached hydrogens (tertiary/aromatic N) is 2. The molecule has 0 saturated carbocycles. The molecule has 0 radical (unpaired) electrons. The zero-order chi connectivity index (χ0) is 17.8. The molecule has 0 aliphatic carbocycles. The third kappa shape index (κ3) is 4.10. The largest absolute Gasteiger partial charge is 0.372 e. The van der Waals surface area contributed by atoms with Crippen LogP contribution in [0, 0.1) is 0 Å². The Hall–Kier alpha value is -1.85. The molecule has 1 atom stereocenters. The predicted molar refractivity (Wildman–Crippen MR) is 109 cm³/mol. The second-order valence-corrected chi connectivity index (χ2v) is 8.27. The van der Waals surface area contributed by atoms with Gasteiger partial charge in [0.2, 0.25) is 5.91 Å². The van der Waals surface area contributed by atoms with E-state index in [0.29, 0.717) is 12.6 Å². The number of anilines is 2. The Balaban J connectivity index is 1.33. The fourth-order valence-electron chi connectivity index (χ4n) is 4.11. The molecule has 3 heterocycles. The summed E-state index contributed by atoms with van der Waals surface area (Å²) in [6, 6.07) is 13.0. The van der Waals surface area contributed by atoms with E-state index in [4.69, 9.17) is 0 Å². The molecule has 2 aliphatic rings. The van der Waals surface area contributed by atoms with Crippen molar-refractivity contribution in [3.63, 3.8) is 0 Å². The van der Waals surface area contributed by atoms with Crippen molar-refractivity contribution in [2.45, 2.75) is 38.1 Å². The van der Waals surface area contributed by atoms with Crippen LogP contribution < -0.4 is 10.2 Å². The maximum Gasteiger partial charge on any atom is 0.238 e. The Morgan fingerprint density at radius 2 is 1.85 bits per heavy atom. The smallest absolute Gasteiger partial charge is 0.238 e. The van der Waals surface area contributed by atoms with Crippen molar-refractivity contribution < 1.29 is 4.79 Å². The quantitative estimate of drug-likeness (QED) is 0.842. The highest BCUT2D eigenvalue weighted by Crippen LogP contribution is 2.34. The number of nitrogens with one attached hydrogen (secondary N) is 1. The summed E-state index contributed by atoms with van der Waals surface area (Å²) in [6.45, 7) is 3.76. The predicted octanol–water partition coefficient (Wildman–Crippen LogP) is 4.51. The second kappa shape index (κ2) is 8.23. The first-order valence-corrected chi connectivity index (χ1v) is 10.6. The van der Waals surface area contributed by atoms with Crippen molar-refractivity contribution >= 4 is 28.6 Å². The SMILES string of the molecule is O=C(CN1CCC[C@@H]1c1cccs1)Nc1ccc(N2CCCCC2)cc1. The van der Waals surface area contributed by atoms with Crippen LogP contribution in [0.15, 0.2) is 41.8 Å². The van der Waals surface area contributed by atoms with E-state index in [1.807, 2.05) is 12.1 Å². The minimum Gasteiger partial charge on any atom is -0.372 e. The summed E-state index contributed by atoms with van der Waals surface area (Å²) in [4.78, 5) is 18.6. The highest BCUT2D eigenvalue weighted by Gasteiger charge is 2.28. The highest BCUT2D eigenvalue weighted by molar-refractivity contribution is 7.10. The van der Waals surface area contributed by atoms with Gasteiger partial charge in [0.25, 0.3) is 0 Å². The molecule has 4 rings (SSSR count). The van der Waals surface area contributed by atoms with Gasteiger partial charge in [0.05, 0.1) is 6.54 Å². The maximum absolute atomic E-state index is 12.5. The monoisotopic (exact) mass is 369 g/mol. The van der Waals surface area contributed by atoms with Crippen molar-refractivity contribution in [3.8, 4) is 0 Å². The Kier molecular flexibility index (Phi) is 5.56. The van der Waals surface area contributed by atoms with E-state index in [1.54, 1.807) is 11.3 Å². The van der Waals surface area contributed by atoms with Crippen molar-refractivity contribution in [2.24, 2.45) is 0 Å². The molecule has 1 aromatic carbocycles. The number of hydrogen-bond acceptors (Lipinski definition) is 4. The normalized spacial score (nSPS) is 21.1. The van der Waals surface area contributed by atoms with Crippen molar-refractivity contribution in [3.05, 3.63) is 46.7 Å². The van der Waals surface area contributed by atoms with Crippen LogP contribution in [0.5, 0.6) is 0 Å². The first-order valence-electron chi connectivity index (χ1n) is 9.72. The number of carbonyl (C=O) groups is 1. The molecule has 0 bridgehead atoms. The summed E-state index contributed by atoms with van der Waals surface area (Å²) >= 11 is 1.79. The van der Waals surface area contributed by atoms with Crippen LogP contribution in [-0.4, -0.2) is 37.0 Å². The zero-order valence-electron chi connectivity index (χ0n) is 15.2. The van der Waals surface area contributed by atoms with Crippen LogP contribution in [0.3, 0.4) is 0 Å². The zero-order valence-corrected chi connectivity index (χ0v) is 16.0. The number of thiophene rings is 1. The number of piperidine rings is 1. The number of hydrogen-bond donors (Lipinski definition) is 1. The molecule has 5 heteroatoms. The lowest BCUT2D eigenvalue weighted by Crippen LogP contribution is -2.32. The lowest BCUT2D eigenvalue weighted by molar-refractivity contribution is -0.117. The third-order valence-electron chi connectivity index (χ3n) is 5.45. The van der Waals surface area contributed by atoms with Crippen LogP contribution in [0.25, 0.3) is 0 Å². The first kappa shape index (κ1) is 17.6. The molecule has 0 spiro atoms. The highest BCUT2D eigenvalue weighted by atomic mass is 32.1. The van der Waals surface area contributed by atoms with Crippen LogP contribution in [0.4, 0.5) is 11.4 Å². The molecule has 2 aliphatic heterocycles. The summed E-state index contributed by atoms with van der Waals surface area (Å²) in [6.07, 6.45) is 6.21. The second-order valence-electron chi connectivity index (χ2n) is 7.29. The molecule has 2 saturated heterocycles. The third-order valence-corrected chi connectivity index (χ3v) is 6.43. The molecule has 1 aromatic heterocycles. The van der Waals surface area contributed by atoms with E-state index < -0.39 is 0 Å². The molecule has 1 amide bonds. The van der Waals surface area contributed by atoms with E-state index in [-0.39, 0.29) is 5.91 Å². The molecule has 1 N–H and O–H groups in total. The number of likely N-dealkylation sites (tertiary alicyclic amines) is 1. The Bertz CT molecular complexity index is 707. The number of benzene rings is 1. The lowest BCUT2D eigenvalue weighted by Gasteiger charge is -2.29. The number of amides is 1. The number of carbonyl (C=O) groups excluding carboxylic acids is 1. The fourth-order valence-corrected chi connectivity index (χ4v) is 5.01. The molecule has 26 heavy (non-hydrogen) atoms. The minimum atomic E-state index is 0.0826. The number of rotatable bonds is 5. The topological polar surface area (TPSA) is 35.6 Å². The maximum atomic E-state index is 12.5. The molecule has 0 unspecified atom stereocenters. The summed E-state index contributed by atoms with van der Waals surface area (Å²) < 4.78 is 0. The molecular formula is C21H27N3OS. The Morgan fingerprint density at radius 1 is 1.04 bits per heavy atom. The first-order chi connectivity index (χ1) is 12.8. The van der Waals surface area contributed by atoms with Crippen molar-refractivity contribution in [1.29, 1.82) is 0 Å². The van der Waals surface area contributed by atoms with Crippen molar-refractivity contribution in [2.75, 3.05) is 36.4 Å². The van der Waals surface area contributed by atoms with E-state index in [9.17, 15) is 4.79 Å². The van der Waals surface area contributed by atoms with Gasteiger partial charge in [0.1, 0.15) is 0 Å². The van der Waals surface area contributed by atoms with Crippen LogP contribution in [0.1, 0.15) is 43.0 Å². The van der Waals surface area contributed by atoms with E-state index in [2.05, 4.69) is 44.8 Å². The van der Waals surface area contributed by atoms with Gasteiger partial charge in [-0.2, -0.15) is 0 Å². The average molecular weight is 370 g/mol.